The molecule has 0 aliphatic heterocycles. The molecule has 3 heterocycles. The number of nitrogens with two attached hydrogens (primary N) is 3. The summed E-state index contributed by atoms with van der Waals surface area (Å²) in [6.07, 6.45) is 6.05. The van der Waals surface area contributed by atoms with Crippen molar-refractivity contribution in [3.05, 3.63) is 95.4 Å². The number of aromatic nitrogens is 2. The van der Waals surface area contributed by atoms with Crippen LogP contribution in [0.2, 0.25) is 0 Å². The molecule has 10 nitrogen and oxygen atoms in total. The third-order valence-corrected chi connectivity index (χ3v) is 5.63. The lowest BCUT2D eigenvalue weighted by molar-refractivity contribution is -0.0700. The largest absolute Gasteiger partial charge is 0.366 e. The Labute approximate surface area is 199 Å². The summed E-state index contributed by atoms with van der Waals surface area (Å²) >= 11 is 1.54. The van der Waals surface area contributed by atoms with Crippen LogP contribution in [-0.2, 0) is 0 Å². The Morgan fingerprint density at radius 1 is 0.882 bits per heavy atom. The maximum Gasteiger partial charge on any atom is 0.339 e. The molecule has 0 aliphatic carbocycles. The molecule has 7 N–H and O–H groups in total. The number of pyridine rings is 2. The number of hydroxylamine groups is 2. The molecule has 0 saturated carbocycles. The number of thiophene rings is 1. The fourth-order valence-corrected chi connectivity index (χ4v) is 3.64. The van der Waals surface area contributed by atoms with Crippen molar-refractivity contribution >= 4 is 39.3 Å². The predicted octanol–water partition coefficient (Wildman–Crippen LogP) is 3.09. The number of carbonyl (C=O) groups excluding carboxylic acids is 3. The minimum atomic E-state index is -0.843. The lowest BCUT2D eigenvalue weighted by Crippen LogP contribution is -2.34. The van der Waals surface area contributed by atoms with Crippen LogP contribution in [-0.4, -0.2) is 38.1 Å². The second-order valence-electron chi connectivity index (χ2n) is 6.76. The van der Waals surface area contributed by atoms with Crippen molar-refractivity contribution in [2.75, 3.05) is 0 Å². The van der Waals surface area contributed by atoms with Gasteiger partial charge in [0, 0.05) is 34.4 Å². The van der Waals surface area contributed by atoms with Crippen LogP contribution in [0, 0.1) is 0 Å². The third-order valence-electron chi connectivity index (χ3n) is 4.34. The Morgan fingerprint density at radius 3 is 1.79 bits per heavy atom. The van der Waals surface area contributed by atoms with E-state index >= 15 is 0 Å². The van der Waals surface area contributed by atoms with Crippen LogP contribution in [0.5, 0.6) is 0 Å². The van der Waals surface area contributed by atoms with Crippen LogP contribution in [0.1, 0.15) is 38.6 Å². The van der Waals surface area contributed by atoms with Gasteiger partial charge in [0.2, 0.25) is 11.8 Å². The number of nitrogens with zero attached hydrogens (tertiary/aromatic N) is 3. The lowest BCUT2D eigenvalue weighted by atomic mass is 10.2. The van der Waals surface area contributed by atoms with Gasteiger partial charge in [-0.25, -0.2) is 4.79 Å². The van der Waals surface area contributed by atoms with E-state index in [1.54, 1.807) is 54.9 Å². The zero-order valence-corrected chi connectivity index (χ0v) is 19.1. The van der Waals surface area contributed by atoms with Crippen LogP contribution in [0.3, 0.4) is 0 Å². The molecule has 34 heavy (non-hydrogen) atoms. The van der Waals surface area contributed by atoms with E-state index in [1.807, 2.05) is 30.3 Å². The molecule has 4 aromatic rings. The normalized spacial score (nSPS) is 10.6. The third kappa shape index (κ3) is 7.65. The summed E-state index contributed by atoms with van der Waals surface area (Å²) in [4.78, 5) is 39.9. The first-order chi connectivity index (χ1) is 16.2. The summed E-state index contributed by atoms with van der Waals surface area (Å²) in [6, 6.07) is 15.2. The van der Waals surface area contributed by atoms with Gasteiger partial charge in [-0.1, -0.05) is 18.2 Å². The van der Waals surface area contributed by atoms with Gasteiger partial charge in [0.1, 0.15) is 0 Å². The highest BCUT2D eigenvalue weighted by Crippen LogP contribution is 2.31. The quantitative estimate of drug-likeness (QED) is 0.257. The Morgan fingerprint density at radius 2 is 1.41 bits per heavy atom. The number of hydrogen-bond donors (Lipinski definition) is 4. The number of primary amides is 3. The summed E-state index contributed by atoms with van der Waals surface area (Å²) in [6.45, 7) is 1.73. The molecule has 3 aromatic heterocycles. The SMILES string of the molecule is C[C@H](c1cc2ccccc2s1)N(O)C(N)=O.NC(=O)c1cccnc1.NC(=O)c1cccnc1. The van der Waals surface area contributed by atoms with Gasteiger partial charge in [-0.2, -0.15) is 5.06 Å². The second-order valence-corrected chi connectivity index (χ2v) is 7.87. The maximum absolute atomic E-state index is 10.8. The maximum atomic E-state index is 10.8. The summed E-state index contributed by atoms with van der Waals surface area (Å²) in [5.41, 5.74) is 15.8. The molecular weight excluding hydrogens is 456 g/mol. The lowest BCUT2D eigenvalue weighted by Gasteiger charge is -2.18. The van der Waals surface area contributed by atoms with E-state index in [4.69, 9.17) is 17.2 Å². The molecule has 0 bridgehead atoms. The van der Waals surface area contributed by atoms with Crippen molar-refractivity contribution in [1.82, 2.24) is 15.0 Å². The van der Waals surface area contributed by atoms with Crippen LogP contribution >= 0.6 is 11.3 Å². The molecule has 1 aromatic carbocycles. The molecule has 176 valence electrons. The minimum absolute atomic E-state index is 0.421. The first-order valence-electron chi connectivity index (χ1n) is 9.86. The highest BCUT2D eigenvalue weighted by molar-refractivity contribution is 7.19. The smallest absolute Gasteiger partial charge is 0.339 e. The summed E-state index contributed by atoms with van der Waals surface area (Å²) < 4.78 is 1.13. The molecule has 0 fully saturated rings. The number of rotatable bonds is 4. The van der Waals surface area contributed by atoms with Crippen molar-refractivity contribution < 1.29 is 19.6 Å². The number of hydrogen-bond acceptors (Lipinski definition) is 7. The Balaban J connectivity index is 0.000000194. The highest BCUT2D eigenvalue weighted by Gasteiger charge is 2.19. The number of fused-ring (bicyclic) bond motifs is 1. The predicted molar refractivity (Wildman–Crippen MR) is 129 cm³/mol. The van der Waals surface area contributed by atoms with E-state index in [1.165, 1.54) is 12.4 Å². The fourth-order valence-electron chi connectivity index (χ4n) is 2.54. The average molecular weight is 481 g/mol. The molecule has 4 rings (SSSR count). The Hall–Kier alpha value is -4.35. The second kappa shape index (κ2) is 12.6. The van der Waals surface area contributed by atoms with Gasteiger partial charge < -0.3 is 17.2 Å². The minimum Gasteiger partial charge on any atom is -0.366 e. The molecule has 1 atom stereocenters. The van der Waals surface area contributed by atoms with Gasteiger partial charge in [-0.3, -0.25) is 24.8 Å². The van der Waals surface area contributed by atoms with Crippen molar-refractivity contribution in [3.8, 4) is 0 Å². The summed E-state index contributed by atoms with van der Waals surface area (Å²) in [5, 5.41) is 11.1. The molecule has 0 aliphatic rings. The number of benzene rings is 1. The number of carbonyl (C=O) groups is 3. The van der Waals surface area contributed by atoms with Gasteiger partial charge >= 0.3 is 6.03 Å². The van der Waals surface area contributed by atoms with Crippen LogP contribution in [0.25, 0.3) is 10.1 Å². The zero-order valence-electron chi connectivity index (χ0n) is 18.2. The monoisotopic (exact) mass is 480 g/mol. The van der Waals surface area contributed by atoms with Gasteiger partial charge in [0.15, 0.2) is 0 Å². The first kappa shape index (κ1) is 25.9. The van der Waals surface area contributed by atoms with Gasteiger partial charge in [-0.05, 0) is 48.7 Å². The molecular formula is C23H24N6O4S. The van der Waals surface area contributed by atoms with Crippen LogP contribution < -0.4 is 17.2 Å². The van der Waals surface area contributed by atoms with E-state index in [-0.39, 0.29) is 0 Å². The molecule has 0 radical (unpaired) electrons. The summed E-state index contributed by atoms with van der Waals surface area (Å²) in [5.74, 6) is -0.883. The van der Waals surface area contributed by atoms with E-state index < -0.39 is 23.9 Å². The van der Waals surface area contributed by atoms with E-state index in [9.17, 15) is 19.6 Å². The topological polar surface area (TPSA) is 179 Å². The standard InChI is InChI=1S/C11H12N2O2S.2C6H6N2O/c1-7(13(15)11(12)14)10-6-8-4-2-3-5-9(8)16-10;2*7-6(9)5-2-1-3-8-4-5/h2-7,15H,1H3,(H2,12,14);2*1-4H,(H2,7,9)/t7-;;/m1../s1. The van der Waals surface area contributed by atoms with Crippen molar-refractivity contribution in [2.24, 2.45) is 17.2 Å². The van der Waals surface area contributed by atoms with Crippen molar-refractivity contribution in [1.29, 1.82) is 0 Å². The molecule has 0 spiro atoms. The first-order valence-corrected chi connectivity index (χ1v) is 10.7. The molecule has 11 heteroatoms. The molecule has 0 saturated heterocycles. The van der Waals surface area contributed by atoms with Crippen LogP contribution in [0.15, 0.2) is 79.4 Å². The molecule has 0 unspecified atom stereocenters. The Kier molecular flexibility index (Phi) is 9.62. The van der Waals surface area contributed by atoms with Crippen molar-refractivity contribution in [2.45, 2.75) is 13.0 Å². The van der Waals surface area contributed by atoms with E-state index in [0.29, 0.717) is 16.2 Å². The van der Waals surface area contributed by atoms with Gasteiger partial charge in [0.05, 0.1) is 17.2 Å². The van der Waals surface area contributed by atoms with Gasteiger partial charge in [-0.15, -0.1) is 11.3 Å². The zero-order chi connectivity index (χ0) is 25.1. The van der Waals surface area contributed by atoms with E-state index in [0.717, 1.165) is 15.0 Å². The average Bonchev–Trinajstić information content (AvgIpc) is 3.29. The van der Waals surface area contributed by atoms with Crippen LogP contribution in [0.4, 0.5) is 4.79 Å². The molecule has 4 amide bonds. The fraction of sp³-hybridized carbons (Fsp3) is 0.0870. The number of urea groups is 1. The highest BCUT2D eigenvalue weighted by atomic mass is 32.1. The Bertz CT molecular complexity index is 1150. The number of amides is 4. The van der Waals surface area contributed by atoms with E-state index in [2.05, 4.69) is 9.97 Å². The van der Waals surface area contributed by atoms with Gasteiger partial charge in [0.25, 0.3) is 0 Å². The van der Waals surface area contributed by atoms with Crippen molar-refractivity contribution in [3.63, 3.8) is 0 Å². The summed E-state index contributed by atoms with van der Waals surface area (Å²) in [7, 11) is 0.